The lowest BCUT2D eigenvalue weighted by Crippen LogP contribution is -2.34. The highest BCUT2D eigenvalue weighted by Crippen LogP contribution is 2.15. The van der Waals surface area contributed by atoms with Crippen molar-refractivity contribution in [3.63, 3.8) is 0 Å². The van der Waals surface area contributed by atoms with Crippen molar-refractivity contribution in [2.75, 3.05) is 13.2 Å². The zero-order valence-electron chi connectivity index (χ0n) is 12.5. The minimum atomic E-state index is -0.236. The highest BCUT2D eigenvalue weighted by molar-refractivity contribution is 5.94. The van der Waals surface area contributed by atoms with E-state index in [0.717, 1.165) is 24.2 Å². The summed E-state index contributed by atoms with van der Waals surface area (Å²) in [6, 6.07) is -0.106. The van der Waals surface area contributed by atoms with E-state index in [1.807, 2.05) is 6.92 Å². The molecule has 0 bridgehead atoms. The molecule has 1 atom stereocenters. The standard InChI is InChI=1S/C14H22N4O3/c1-3-21-12(19)5-4-9(2)16-14(20)13-10-8-15-7-6-11(10)17-18-13/h9,15H,3-8H2,1-2H3,(H,16,20)(H,17,18). The van der Waals surface area contributed by atoms with Crippen LogP contribution in [0.5, 0.6) is 0 Å². The summed E-state index contributed by atoms with van der Waals surface area (Å²) < 4.78 is 4.87. The first kappa shape index (κ1) is 15.5. The molecule has 0 saturated heterocycles. The van der Waals surface area contributed by atoms with E-state index in [2.05, 4.69) is 20.8 Å². The van der Waals surface area contributed by atoms with E-state index in [9.17, 15) is 9.59 Å². The van der Waals surface area contributed by atoms with Gasteiger partial charge in [-0.05, 0) is 20.3 Å². The largest absolute Gasteiger partial charge is 0.466 e. The second-order valence-electron chi connectivity index (χ2n) is 5.17. The molecule has 1 amide bonds. The Kier molecular flexibility index (Phi) is 5.32. The number of carbonyl (C=O) groups excluding carboxylic acids is 2. The number of rotatable bonds is 6. The fraction of sp³-hybridized carbons (Fsp3) is 0.643. The average Bonchev–Trinajstić information content (AvgIpc) is 2.89. The van der Waals surface area contributed by atoms with Gasteiger partial charge in [-0.15, -0.1) is 0 Å². The molecule has 116 valence electrons. The Morgan fingerprint density at radius 2 is 2.29 bits per heavy atom. The van der Waals surface area contributed by atoms with Crippen LogP contribution in [-0.2, 0) is 22.5 Å². The average molecular weight is 294 g/mol. The third-order valence-electron chi connectivity index (χ3n) is 3.49. The Balaban J connectivity index is 1.86. The quantitative estimate of drug-likeness (QED) is 0.665. The van der Waals surface area contributed by atoms with E-state index >= 15 is 0 Å². The number of esters is 1. The van der Waals surface area contributed by atoms with Gasteiger partial charge < -0.3 is 15.4 Å². The molecule has 1 aromatic rings. The van der Waals surface area contributed by atoms with Crippen molar-refractivity contribution in [3.8, 4) is 0 Å². The lowest BCUT2D eigenvalue weighted by molar-refractivity contribution is -0.143. The molecular formula is C14H22N4O3. The molecule has 21 heavy (non-hydrogen) atoms. The van der Waals surface area contributed by atoms with E-state index in [1.165, 1.54) is 0 Å². The van der Waals surface area contributed by atoms with Gasteiger partial charge in [-0.2, -0.15) is 5.10 Å². The lowest BCUT2D eigenvalue weighted by atomic mass is 10.1. The second-order valence-corrected chi connectivity index (χ2v) is 5.17. The summed E-state index contributed by atoms with van der Waals surface area (Å²) in [4.78, 5) is 23.5. The molecule has 1 aromatic heterocycles. The summed E-state index contributed by atoms with van der Waals surface area (Å²) >= 11 is 0. The van der Waals surface area contributed by atoms with Crippen molar-refractivity contribution >= 4 is 11.9 Å². The summed E-state index contributed by atoms with van der Waals surface area (Å²) in [5.74, 6) is -0.437. The SMILES string of the molecule is CCOC(=O)CCC(C)NC(=O)c1n[nH]c2c1CNCC2. The molecule has 0 aromatic carbocycles. The van der Waals surface area contributed by atoms with Gasteiger partial charge in [0.15, 0.2) is 5.69 Å². The maximum atomic E-state index is 12.2. The summed E-state index contributed by atoms with van der Waals surface area (Å²) in [5.41, 5.74) is 2.41. The summed E-state index contributed by atoms with van der Waals surface area (Å²) in [6.07, 6.45) is 1.71. The third kappa shape index (κ3) is 4.04. The van der Waals surface area contributed by atoms with Crippen LogP contribution in [0.1, 0.15) is 48.4 Å². The van der Waals surface area contributed by atoms with Crippen molar-refractivity contribution in [2.45, 2.75) is 45.7 Å². The maximum Gasteiger partial charge on any atom is 0.305 e. The van der Waals surface area contributed by atoms with Crippen LogP contribution in [0.2, 0.25) is 0 Å². The highest BCUT2D eigenvalue weighted by Gasteiger charge is 2.22. The molecule has 0 aliphatic carbocycles. The van der Waals surface area contributed by atoms with Gasteiger partial charge in [-0.1, -0.05) is 0 Å². The van der Waals surface area contributed by atoms with Gasteiger partial charge in [0, 0.05) is 43.2 Å². The van der Waals surface area contributed by atoms with Gasteiger partial charge in [0.2, 0.25) is 0 Å². The first-order valence-electron chi connectivity index (χ1n) is 7.35. The number of aromatic amines is 1. The van der Waals surface area contributed by atoms with E-state index in [0.29, 0.717) is 31.7 Å². The molecule has 7 nitrogen and oxygen atoms in total. The fourth-order valence-electron chi connectivity index (χ4n) is 2.34. The van der Waals surface area contributed by atoms with Crippen molar-refractivity contribution in [1.29, 1.82) is 0 Å². The monoisotopic (exact) mass is 294 g/mol. The minimum Gasteiger partial charge on any atom is -0.466 e. The summed E-state index contributed by atoms with van der Waals surface area (Å²) in [7, 11) is 0. The van der Waals surface area contributed by atoms with Gasteiger partial charge in [-0.3, -0.25) is 14.7 Å². The van der Waals surface area contributed by atoms with Crippen LogP contribution < -0.4 is 10.6 Å². The van der Waals surface area contributed by atoms with E-state index < -0.39 is 0 Å². The van der Waals surface area contributed by atoms with Crippen molar-refractivity contribution in [2.24, 2.45) is 0 Å². The van der Waals surface area contributed by atoms with Crippen LogP contribution in [0, 0.1) is 0 Å². The first-order chi connectivity index (χ1) is 10.1. The molecule has 0 saturated carbocycles. The van der Waals surface area contributed by atoms with Crippen molar-refractivity contribution in [1.82, 2.24) is 20.8 Å². The number of nitrogens with zero attached hydrogens (tertiary/aromatic N) is 1. The predicted octanol–water partition coefficient (Wildman–Crippen LogP) is 0.517. The number of amides is 1. The Morgan fingerprint density at radius 3 is 3.05 bits per heavy atom. The topological polar surface area (TPSA) is 96.1 Å². The van der Waals surface area contributed by atoms with E-state index in [-0.39, 0.29) is 17.9 Å². The number of nitrogens with one attached hydrogen (secondary N) is 3. The van der Waals surface area contributed by atoms with Crippen LogP contribution in [0.4, 0.5) is 0 Å². The lowest BCUT2D eigenvalue weighted by Gasteiger charge is -2.15. The Labute approximate surface area is 123 Å². The highest BCUT2D eigenvalue weighted by atomic mass is 16.5. The van der Waals surface area contributed by atoms with Gasteiger partial charge in [0.25, 0.3) is 5.91 Å². The van der Waals surface area contributed by atoms with Crippen molar-refractivity contribution < 1.29 is 14.3 Å². The zero-order valence-corrected chi connectivity index (χ0v) is 12.5. The van der Waals surface area contributed by atoms with Crippen LogP contribution in [0.15, 0.2) is 0 Å². The summed E-state index contributed by atoms with van der Waals surface area (Å²) in [6.45, 7) is 5.58. The molecule has 0 fully saturated rings. The number of aromatic nitrogens is 2. The number of fused-ring (bicyclic) bond motifs is 1. The number of hydrogen-bond acceptors (Lipinski definition) is 5. The fourth-order valence-corrected chi connectivity index (χ4v) is 2.34. The molecule has 1 aliphatic rings. The minimum absolute atomic E-state index is 0.106. The van der Waals surface area contributed by atoms with Crippen LogP contribution in [0.3, 0.4) is 0 Å². The predicted molar refractivity (Wildman–Crippen MR) is 76.8 cm³/mol. The van der Waals surface area contributed by atoms with Crippen LogP contribution in [-0.4, -0.2) is 41.3 Å². The molecule has 7 heteroatoms. The van der Waals surface area contributed by atoms with Crippen LogP contribution in [0.25, 0.3) is 0 Å². The van der Waals surface area contributed by atoms with E-state index in [4.69, 9.17) is 4.74 Å². The van der Waals surface area contributed by atoms with Crippen molar-refractivity contribution in [3.05, 3.63) is 17.0 Å². The number of ether oxygens (including phenoxy) is 1. The number of H-pyrrole nitrogens is 1. The van der Waals surface area contributed by atoms with Gasteiger partial charge in [0.1, 0.15) is 0 Å². The molecule has 3 N–H and O–H groups in total. The van der Waals surface area contributed by atoms with Gasteiger partial charge in [-0.25, -0.2) is 0 Å². The normalized spacial score (nSPS) is 15.1. The third-order valence-corrected chi connectivity index (χ3v) is 3.49. The summed E-state index contributed by atoms with van der Waals surface area (Å²) in [5, 5.41) is 13.1. The molecule has 0 spiro atoms. The number of hydrogen-bond donors (Lipinski definition) is 3. The maximum absolute atomic E-state index is 12.2. The Bertz CT molecular complexity index is 512. The second kappa shape index (κ2) is 7.21. The molecule has 1 unspecified atom stereocenters. The Morgan fingerprint density at radius 1 is 1.48 bits per heavy atom. The van der Waals surface area contributed by atoms with Gasteiger partial charge in [0.05, 0.1) is 6.61 Å². The molecule has 2 heterocycles. The number of carbonyl (C=O) groups is 2. The smallest absolute Gasteiger partial charge is 0.305 e. The van der Waals surface area contributed by atoms with Crippen LogP contribution >= 0.6 is 0 Å². The molecule has 0 radical (unpaired) electrons. The molecule has 1 aliphatic heterocycles. The first-order valence-corrected chi connectivity index (χ1v) is 7.35. The zero-order chi connectivity index (χ0) is 15.2. The van der Waals surface area contributed by atoms with Gasteiger partial charge >= 0.3 is 5.97 Å². The molecular weight excluding hydrogens is 272 g/mol. The molecule has 2 rings (SSSR count). The van der Waals surface area contributed by atoms with E-state index in [1.54, 1.807) is 6.92 Å². The Hall–Kier alpha value is -1.89.